The maximum absolute atomic E-state index is 14.9. The van der Waals surface area contributed by atoms with Gasteiger partial charge in [-0.25, -0.2) is 4.68 Å². The Balaban J connectivity index is 1.31. The van der Waals surface area contributed by atoms with Gasteiger partial charge in [0.05, 0.1) is 34.7 Å². The van der Waals surface area contributed by atoms with E-state index in [4.69, 9.17) is 0 Å². The summed E-state index contributed by atoms with van der Waals surface area (Å²) in [5, 5.41) is 19.3. The van der Waals surface area contributed by atoms with E-state index >= 15 is 0 Å². The fraction of sp³-hybridized carbons (Fsp3) is 0.457. The fourth-order valence-corrected chi connectivity index (χ4v) is 10.1. The van der Waals surface area contributed by atoms with Crippen molar-refractivity contribution >= 4 is 40.5 Å². The first-order valence-corrected chi connectivity index (χ1v) is 16.9. The minimum Gasteiger partial charge on any atom is -0.394 e. The minimum absolute atomic E-state index is 0.0618. The summed E-state index contributed by atoms with van der Waals surface area (Å²) >= 11 is 1.56. The van der Waals surface area contributed by atoms with Gasteiger partial charge in [0.15, 0.2) is 0 Å². The van der Waals surface area contributed by atoms with Crippen LogP contribution in [0.2, 0.25) is 0 Å². The number of hydrogen-bond acceptors (Lipinski definition) is 7. The molecule has 11 heteroatoms. The number of rotatable bonds is 8. The fourth-order valence-electron chi connectivity index (χ4n) is 7.99. The number of aliphatic hydroxyl groups excluding tert-OH is 1. The lowest BCUT2D eigenvalue weighted by atomic mass is 9.74. The summed E-state index contributed by atoms with van der Waals surface area (Å²) in [4.78, 5) is 49.6. The van der Waals surface area contributed by atoms with Crippen LogP contribution in [0.4, 0.5) is 0 Å². The van der Waals surface area contributed by atoms with Crippen LogP contribution < -0.4 is 0 Å². The highest BCUT2D eigenvalue weighted by atomic mass is 32.2. The van der Waals surface area contributed by atoms with E-state index in [1.165, 1.54) is 0 Å². The van der Waals surface area contributed by atoms with E-state index in [-0.39, 0.29) is 36.9 Å². The van der Waals surface area contributed by atoms with Crippen molar-refractivity contribution in [3.8, 4) is 0 Å². The Hall–Kier alpha value is -3.96. The van der Waals surface area contributed by atoms with Crippen molar-refractivity contribution < 1.29 is 19.5 Å². The van der Waals surface area contributed by atoms with Crippen molar-refractivity contribution in [1.82, 2.24) is 29.7 Å². The zero-order valence-corrected chi connectivity index (χ0v) is 27.2. The summed E-state index contributed by atoms with van der Waals surface area (Å²) in [7, 11) is 0. The molecular formula is C35H40N6O4S. The van der Waals surface area contributed by atoms with Gasteiger partial charge in [-0.1, -0.05) is 92.3 Å². The van der Waals surface area contributed by atoms with Crippen molar-refractivity contribution in [3.63, 3.8) is 0 Å². The number of thioether (sulfide) groups is 1. The summed E-state index contributed by atoms with van der Waals surface area (Å²) < 4.78 is 0.000194. The van der Waals surface area contributed by atoms with Crippen molar-refractivity contribution in [1.29, 1.82) is 0 Å². The molecule has 10 nitrogen and oxygen atoms in total. The number of carbonyl (C=O) groups is 3. The molecule has 0 aliphatic carbocycles. The Morgan fingerprint density at radius 2 is 1.65 bits per heavy atom. The van der Waals surface area contributed by atoms with Gasteiger partial charge < -0.3 is 19.8 Å². The number of hydrogen-bond donors (Lipinski definition) is 1. The molecule has 5 heterocycles. The van der Waals surface area contributed by atoms with Crippen LogP contribution in [-0.2, 0) is 27.6 Å². The molecule has 240 valence electrons. The maximum atomic E-state index is 14.9. The topological polar surface area (TPSA) is 112 Å². The normalized spacial score (nSPS) is 30.3. The molecule has 1 N–H and O–H groups in total. The predicted octanol–water partition coefficient (Wildman–Crippen LogP) is 3.48. The Morgan fingerprint density at radius 1 is 0.935 bits per heavy atom. The number of aliphatic hydroxyl groups is 1. The number of aromatic nitrogens is 3. The minimum atomic E-state index is -0.997. The molecule has 3 amide bonds. The molecule has 0 bridgehead atoms. The maximum Gasteiger partial charge on any atom is 0.248 e. The average Bonchev–Trinajstić information content (AvgIpc) is 3.59. The standard InChI is InChI=1S/C35H40N6O4S/c1-4-23(2)27(21-42)41-30-33(45)39(22-40-26-15-9-8-14-25(26)36-37-40)19-11-17-35(30)29(32(41)44)28-31(43)38(18-10-16-34(28,3)46-35)20-24-12-6-5-7-13-24/h5-17,23,27-30,42H,4,18-22H2,1-3H3/t23-,27-,28-,29-,30?,34+,35-/m0/s1. The van der Waals surface area contributed by atoms with Crippen LogP contribution >= 0.6 is 11.8 Å². The van der Waals surface area contributed by atoms with Crippen LogP contribution in [0.15, 0.2) is 78.9 Å². The van der Waals surface area contributed by atoms with Crippen LogP contribution in [-0.4, -0.2) is 93.8 Å². The third-order valence-electron chi connectivity index (χ3n) is 10.4. The second-order valence-corrected chi connectivity index (χ2v) is 15.0. The summed E-state index contributed by atoms with van der Waals surface area (Å²) in [6.07, 6.45) is 8.82. The molecule has 2 aromatic carbocycles. The van der Waals surface area contributed by atoms with Gasteiger partial charge in [-0.2, -0.15) is 0 Å². The molecule has 0 radical (unpaired) electrons. The molecule has 4 aliphatic heterocycles. The van der Waals surface area contributed by atoms with E-state index in [0.29, 0.717) is 19.6 Å². The van der Waals surface area contributed by atoms with Gasteiger partial charge >= 0.3 is 0 Å². The molecular weight excluding hydrogens is 600 g/mol. The van der Waals surface area contributed by atoms with Gasteiger partial charge in [0.1, 0.15) is 18.2 Å². The lowest BCUT2D eigenvalue weighted by Gasteiger charge is -2.41. The van der Waals surface area contributed by atoms with E-state index in [1.54, 1.807) is 26.2 Å². The third-order valence-corrected chi connectivity index (χ3v) is 12.2. The Bertz CT molecular complexity index is 1730. The second-order valence-electron chi connectivity index (χ2n) is 13.2. The van der Waals surface area contributed by atoms with Gasteiger partial charge in [0, 0.05) is 24.4 Å². The predicted molar refractivity (Wildman–Crippen MR) is 176 cm³/mol. The highest BCUT2D eigenvalue weighted by molar-refractivity contribution is 8.02. The van der Waals surface area contributed by atoms with E-state index in [0.717, 1.165) is 23.0 Å². The molecule has 2 fully saturated rings. The molecule has 3 aromatic rings. The van der Waals surface area contributed by atoms with E-state index in [1.807, 2.05) is 98.5 Å². The lowest BCUT2D eigenvalue weighted by Crippen LogP contribution is -2.58. The first-order valence-electron chi connectivity index (χ1n) is 16.1. The number of carbonyl (C=O) groups excluding carboxylic acids is 3. The number of amides is 3. The number of fused-ring (bicyclic) bond motifs is 3. The third kappa shape index (κ3) is 4.69. The van der Waals surface area contributed by atoms with Crippen molar-refractivity contribution in [3.05, 3.63) is 84.5 Å². The van der Waals surface area contributed by atoms with Gasteiger partial charge in [0.25, 0.3) is 0 Å². The van der Waals surface area contributed by atoms with E-state index < -0.39 is 33.4 Å². The van der Waals surface area contributed by atoms with Crippen LogP contribution in [0.3, 0.4) is 0 Å². The summed E-state index contributed by atoms with van der Waals surface area (Å²) in [6, 6.07) is 16.0. The largest absolute Gasteiger partial charge is 0.394 e. The molecule has 1 spiro atoms. The van der Waals surface area contributed by atoms with Crippen LogP contribution in [0, 0.1) is 17.8 Å². The molecule has 7 rings (SSSR count). The van der Waals surface area contributed by atoms with Crippen molar-refractivity contribution in [2.45, 2.75) is 62.0 Å². The van der Waals surface area contributed by atoms with E-state index in [2.05, 4.69) is 16.4 Å². The smallest absolute Gasteiger partial charge is 0.248 e. The number of para-hydroxylation sites is 1. The zero-order valence-electron chi connectivity index (χ0n) is 26.4. The zero-order chi connectivity index (χ0) is 32.2. The van der Waals surface area contributed by atoms with E-state index in [9.17, 15) is 19.5 Å². The van der Waals surface area contributed by atoms with Gasteiger partial charge in [0.2, 0.25) is 17.7 Å². The molecule has 4 aliphatic rings. The van der Waals surface area contributed by atoms with Crippen LogP contribution in [0.5, 0.6) is 0 Å². The summed E-state index contributed by atoms with van der Waals surface area (Å²) in [5.74, 6) is -2.05. The van der Waals surface area contributed by atoms with Crippen LogP contribution in [0.1, 0.15) is 32.8 Å². The quantitative estimate of drug-likeness (QED) is 0.376. The first kappa shape index (κ1) is 30.7. The van der Waals surface area contributed by atoms with Crippen LogP contribution in [0.25, 0.3) is 11.0 Å². The number of benzene rings is 2. The summed E-state index contributed by atoms with van der Waals surface area (Å²) in [6.45, 7) is 7.14. The number of likely N-dealkylation sites (tertiary alicyclic amines) is 1. The Labute approximate surface area is 273 Å². The second kappa shape index (κ2) is 11.7. The average molecular weight is 641 g/mol. The number of nitrogens with zero attached hydrogens (tertiary/aromatic N) is 6. The summed E-state index contributed by atoms with van der Waals surface area (Å²) in [5.41, 5.74) is 2.56. The Kier molecular flexibility index (Phi) is 7.79. The Morgan fingerprint density at radius 3 is 2.41 bits per heavy atom. The molecule has 7 atom stereocenters. The SMILES string of the molecule is CC[C@H](C)[C@H](CO)N1C(=O)[C@@H]2[C@H]3C(=O)N(Cc4ccccc4)CC=C[C@@]3(C)S[C@@]23C=CCN(Cn2nnc4ccccc42)C(=O)C13. The molecule has 1 unspecified atom stereocenters. The van der Waals surface area contributed by atoms with Gasteiger partial charge in [-0.05, 0) is 30.5 Å². The molecule has 46 heavy (non-hydrogen) atoms. The van der Waals surface area contributed by atoms with Gasteiger partial charge in [-0.15, -0.1) is 16.9 Å². The molecule has 0 saturated carbocycles. The van der Waals surface area contributed by atoms with Crippen molar-refractivity contribution in [2.24, 2.45) is 17.8 Å². The molecule has 1 aromatic heterocycles. The van der Waals surface area contributed by atoms with Gasteiger partial charge in [-0.3, -0.25) is 14.4 Å². The molecule has 2 saturated heterocycles. The lowest BCUT2D eigenvalue weighted by molar-refractivity contribution is -0.149. The first-order chi connectivity index (χ1) is 22.2. The monoisotopic (exact) mass is 640 g/mol. The van der Waals surface area contributed by atoms with Crippen molar-refractivity contribution in [2.75, 3.05) is 19.7 Å². The highest BCUT2D eigenvalue weighted by Gasteiger charge is 2.74. The highest BCUT2D eigenvalue weighted by Crippen LogP contribution is 2.66.